The van der Waals surface area contributed by atoms with Gasteiger partial charge in [0.05, 0.1) is 0 Å². The summed E-state index contributed by atoms with van der Waals surface area (Å²) < 4.78 is 12.9. The zero-order chi connectivity index (χ0) is 29.9. The van der Waals surface area contributed by atoms with Crippen molar-refractivity contribution in [3.05, 3.63) is 146 Å². The lowest BCUT2D eigenvalue weighted by molar-refractivity contribution is 0.669. The maximum absolute atomic E-state index is 6.50. The molecule has 9 aromatic rings. The van der Waals surface area contributed by atoms with E-state index in [2.05, 4.69) is 132 Å². The molecule has 0 aliphatic carbocycles. The molecule has 2 aliphatic rings. The highest BCUT2D eigenvalue weighted by Gasteiger charge is 2.43. The summed E-state index contributed by atoms with van der Waals surface area (Å²) >= 11 is 0. The van der Waals surface area contributed by atoms with Gasteiger partial charge in [0.25, 0.3) is 0 Å². The first-order valence-electron chi connectivity index (χ1n) is 15.8. The van der Waals surface area contributed by atoms with Crippen LogP contribution < -0.4 is 21.3 Å². The van der Waals surface area contributed by atoms with Gasteiger partial charge in [-0.1, -0.05) is 103 Å². The minimum atomic E-state index is 0.116. The molecule has 0 unspecified atom stereocenters. The van der Waals surface area contributed by atoms with Crippen LogP contribution in [0.25, 0.3) is 66.1 Å². The Labute approximate surface area is 265 Å². The number of nitrogens with zero attached hydrogens (tertiary/aromatic N) is 1. The molecule has 7 aromatic carbocycles. The number of fused-ring (bicyclic) bond motifs is 11. The van der Waals surface area contributed by atoms with Crippen LogP contribution in [-0.2, 0) is 0 Å². The van der Waals surface area contributed by atoms with Crippen LogP contribution in [0.3, 0.4) is 0 Å². The van der Waals surface area contributed by atoms with Gasteiger partial charge in [-0.3, -0.25) is 0 Å². The predicted octanol–water partition coefficient (Wildman–Crippen LogP) is 9.43. The predicted molar refractivity (Wildman–Crippen MR) is 191 cm³/mol. The van der Waals surface area contributed by atoms with Gasteiger partial charge in [0.15, 0.2) is 0 Å². The van der Waals surface area contributed by atoms with Crippen LogP contribution in [0.2, 0.25) is 0 Å². The minimum absolute atomic E-state index is 0.116. The summed E-state index contributed by atoms with van der Waals surface area (Å²) in [6.07, 6.45) is 0. The second-order valence-electron chi connectivity index (χ2n) is 12.5. The van der Waals surface area contributed by atoms with Crippen LogP contribution in [0.1, 0.15) is 0 Å². The molecule has 0 bridgehead atoms. The second kappa shape index (κ2) is 8.80. The topological polar surface area (TPSA) is 29.5 Å². The van der Waals surface area contributed by atoms with E-state index >= 15 is 0 Å². The molecule has 11 rings (SSSR count). The normalized spacial score (nSPS) is 13.1. The van der Waals surface area contributed by atoms with Crippen molar-refractivity contribution in [1.29, 1.82) is 0 Å². The van der Waals surface area contributed by atoms with Gasteiger partial charge in [-0.25, -0.2) is 0 Å². The quantitative estimate of drug-likeness (QED) is 0.189. The summed E-state index contributed by atoms with van der Waals surface area (Å²) in [4.78, 5) is 2.43. The molecule has 0 radical (unpaired) electrons. The summed E-state index contributed by atoms with van der Waals surface area (Å²) in [5, 5.41) is 4.55. The number of furan rings is 2. The fourth-order valence-electron chi connectivity index (χ4n) is 8.08. The zero-order valence-electron chi connectivity index (χ0n) is 24.7. The highest BCUT2D eigenvalue weighted by atomic mass is 16.3. The number of anilines is 3. The Kier molecular flexibility index (Phi) is 4.66. The van der Waals surface area contributed by atoms with E-state index in [4.69, 9.17) is 8.83 Å². The van der Waals surface area contributed by atoms with Crippen molar-refractivity contribution in [3.63, 3.8) is 0 Å². The third kappa shape index (κ3) is 3.18. The van der Waals surface area contributed by atoms with E-state index in [1.807, 2.05) is 18.2 Å². The van der Waals surface area contributed by atoms with Crippen LogP contribution in [0.4, 0.5) is 17.1 Å². The average molecular weight is 585 g/mol. The SMILES string of the molecule is c1ccc(-c2cc3c4c(c2)N(c2ccc5c(c2)oc2ccccc25)c2cc5oc6ccccc6c5cc2B4c2ccccc2-3)cc1. The van der Waals surface area contributed by atoms with E-state index in [1.165, 1.54) is 44.3 Å². The van der Waals surface area contributed by atoms with Crippen molar-refractivity contribution in [2.24, 2.45) is 0 Å². The lowest BCUT2D eigenvalue weighted by Crippen LogP contribution is -2.54. The van der Waals surface area contributed by atoms with Gasteiger partial charge in [0.1, 0.15) is 22.3 Å². The van der Waals surface area contributed by atoms with Gasteiger partial charge in [-0.05, 0) is 69.6 Å². The van der Waals surface area contributed by atoms with E-state index in [0.717, 1.165) is 55.3 Å². The van der Waals surface area contributed by atoms with E-state index in [9.17, 15) is 0 Å². The maximum Gasteiger partial charge on any atom is 0.248 e. The second-order valence-corrected chi connectivity index (χ2v) is 12.5. The Balaban J connectivity index is 1.26. The third-order valence-corrected chi connectivity index (χ3v) is 10.1. The minimum Gasteiger partial charge on any atom is -0.456 e. The Morgan fingerprint density at radius 1 is 0.413 bits per heavy atom. The number of para-hydroxylation sites is 2. The van der Waals surface area contributed by atoms with Gasteiger partial charge in [0, 0.05) is 50.7 Å². The van der Waals surface area contributed by atoms with Crippen molar-refractivity contribution in [2.45, 2.75) is 0 Å². The Morgan fingerprint density at radius 3 is 1.91 bits per heavy atom. The van der Waals surface area contributed by atoms with Crippen molar-refractivity contribution >= 4 is 84.0 Å². The molecule has 212 valence electrons. The standard InChI is InChI=1S/C42H24BNO2/c1-2-10-25(11-3-1)26-20-33-28-12-4-7-15-34(28)43-35-23-32-30-14-6-9-17-39(30)46-41(32)24-36(35)44(37(21-26)42(33)43)27-18-19-31-29-13-5-8-16-38(29)45-40(31)22-27/h1-24H. The molecule has 0 spiro atoms. The molecule has 0 N–H and O–H groups in total. The molecule has 0 amide bonds. The Bertz CT molecular complexity index is 2720. The molecule has 2 aromatic heterocycles. The number of benzene rings is 7. The first-order valence-corrected chi connectivity index (χ1v) is 15.8. The summed E-state index contributed by atoms with van der Waals surface area (Å²) in [5.74, 6) is 0. The van der Waals surface area contributed by atoms with E-state index in [1.54, 1.807) is 0 Å². The number of rotatable bonds is 2. The molecular formula is C42H24BNO2. The fourth-order valence-corrected chi connectivity index (χ4v) is 8.08. The van der Waals surface area contributed by atoms with E-state index in [0.29, 0.717) is 0 Å². The van der Waals surface area contributed by atoms with Crippen LogP contribution in [0, 0.1) is 0 Å². The summed E-state index contributed by atoms with van der Waals surface area (Å²) in [5.41, 5.74) is 16.0. The molecule has 4 heteroatoms. The summed E-state index contributed by atoms with van der Waals surface area (Å²) in [6, 6.07) is 52.3. The molecule has 2 aliphatic heterocycles. The lowest BCUT2D eigenvalue weighted by Gasteiger charge is -2.36. The third-order valence-electron chi connectivity index (χ3n) is 10.1. The highest BCUT2D eigenvalue weighted by molar-refractivity contribution is 7.01. The Hall–Kier alpha value is -6.00. The molecule has 4 heterocycles. The van der Waals surface area contributed by atoms with E-state index in [-0.39, 0.29) is 6.71 Å². The van der Waals surface area contributed by atoms with Crippen LogP contribution in [0.15, 0.2) is 154 Å². The monoisotopic (exact) mass is 585 g/mol. The molecule has 0 saturated heterocycles. The van der Waals surface area contributed by atoms with Crippen LogP contribution in [0.5, 0.6) is 0 Å². The van der Waals surface area contributed by atoms with Gasteiger partial charge >= 0.3 is 0 Å². The molecule has 46 heavy (non-hydrogen) atoms. The number of hydrogen-bond acceptors (Lipinski definition) is 3. The average Bonchev–Trinajstić information content (AvgIpc) is 3.77. The van der Waals surface area contributed by atoms with Gasteiger partial charge in [0.2, 0.25) is 6.71 Å². The summed E-state index contributed by atoms with van der Waals surface area (Å²) in [7, 11) is 0. The maximum atomic E-state index is 6.50. The molecule has 0 fully saturated rings. The largest absolute Gasteiger partial charge is 0.456 e. The molecular weight excluding hydrogens is 561 g/mol. The van der Waals surface area contributed by atoms with Crippen molar-refractivity contribution in [2.75, 3.05) is 4.90 Å². The molecule has 3 nitrogen and oxygen atoms in total. The highest BCUT2D eigenvalue weighted by Crippen LogP contribution is 2.45. The lowest BCUT2D eigenvalue weighted by atomic mass is 9.37. The van der Waals surface area contributed by atoms with Crippen molar-refractivity contribution in [1.82, 2.24) is 0 Å². The Morgan fingerprint density at radius 2 is 1.09 bits per heavy atom. The fraction of sp³-hybridized carbons (Fsp3) is 0. The number of hydrogen-bond donors (Lipinski definition) is 0. The van der Waals surface area contributed by atoms with E-state index < -0.39 is 0 Å². The molecule has 0 saturated carbocycles. The summed E-state index contributed by atoms with van der Waals surface area (Å²) in [6.45, 7) is 0.116. The van der Waals surface area contributed by atoms with Crippen LogP contribution in [-0.4, -0.2) is 6.71 Å². The smallest absolute Gasteiger partial charge is 0.248 e. The van der Waals surface area contributed by atoms with Crippen molar-refractivity contribution < 1.29 is 8.83 Å². The van der Waals surface area contributed by atoms with Crippen LogP contribution >= 0.6 is 0 Å². The van der Waals surface area contributed by atoms with Gasteiger partial charge in [-0.15, -0.1) is 0 Å². The van der Waals surface area contributed by atoms with Crippen molar-refractivity contribution in [3.8, 4) is 22.3 Å². The molecule has 0 atom stereocenters. The first-order chi connectivity index (χ1) is 22.8. The zero-order valence-corrected chi connectivity index (χ0v) is 24.7. The first kappa shape index (κ1) is 24.3. The van der Waals surface area contributed by atoms with Gasteiger partial charge < -0.3 is 13.7 Å². The van der Waals surface area contributed by atoms with Gasteiger partial charge in [-0.2, -0.15) is 0 Å².